The number of fused-ring (bicyclic) bond motifs is 3. The maximum Gasteiger partial charge on any atom is 0.312 e. The van der Waals surface area contributed by atoms with E-state index in [1.54, 1.807) is 7.11 Å². The van der Waals surface area contributed by atoms with Gasteiger partial charge in [-0.1, -0.05) is 66.7 Å². The van der Waals surface area contributed by atoms with E-state index in [9.17, 15) is 4.79 Å². The lowest BCUT2D eigenvalue weighted by molar-refractivity contribution is -0.135. The Labute approximate surface area is 175 Å². The number of benzene rings is 4. The van der Waals surface area contributed by atoms with E-state index in [1.807, 2.05) is 48.5 Å². The molecule has 1 heterocycles. The number of carbonyl (C=O) groups excluding carboxylic acids is 1. The van der Waals surface area contributed by atoms with Crippen LogP contribution in [0.1, 0.15) is 34.6 Å². The van der Waals surface area contributed by atoms with Crippen molar-refractivity contribution in [1.82, 2.24) is 0 Å². The zero-order valence-electron chi connectivity index (χ0n) is 16.8. The summed E-state index contributed by atoms with van der Waals surface area (Å²) in [6.45, 7) is 0. The van der Waals surface area contributed by atoms with E-state index in [-0.39, 0.29) is 11.9 Å². The summed E-state index contributed by atoms with van der Waals surface area (Å²) in [5.41, 5.74) is 4.43. The smallest absolute Gasteiger partial charge is 0.312 e. The first kappa shape index (κ1) is 18.4. The van der Waals surface area contributed by atoms with Crippen LogP contribution in [0.4, 0.5) is 0 Å². The van der Waals surface area contributed by atoms with Crippen LogP contribution < -0.4 is 9.47 Å². The van der Waals surface area contributed by atoms with E-state index in [2.05, 4.69) is 36.4 Å². The van der Waals surface area contributed by atoms with Crippen LogP contribution in [0.15, 0.2) is 84.9 Å². The highest BCUT2D eigenvalue weighted by atomic mass is 16.5. The van der Waals surface area contributed by atoms with Crippen LogP contribution in [-0.4, -0.2) is 13.1 Å². The van der Waals surface area contributed by atoms with E-state index in [1.165, 1.54) is 10.9 Å². The molecule has 148 valence electrons. The van der Waals surface area contributed by atoms with Gasteiger partial charge in [-0.15, -0.1) is 0 Å². The zero-order valence-corrected chi connectivity index (χ0v) is 16.8. The maximum absolute atomic E-state index is 12.6. The second kappa shape index (κ2) is 7.68. The van der Waals surface area contributed by atoms with Crippen LogP contribution in [0, 0.1) is 0 Å². The molecular weight excluding hydrogens is 372 g/mol. The molecule has 0 fully saturated rings. The quantitative estimate of drug-likeness (QED) is 0.320. The first-order valence-electron chi connectivity index (χ1n) is 10.2. The van der Waals surface area contributed by atoms with E-state index < -0.39 is 0 Å². The van der Waals surface area contributed by atoms with E-state index in [0.717, 1.165) is 40.0 Å². The topological polar surface area (TPSA) is 35.5 Å². The molecule has 0 radical (unpaired) electrons. The minimum Gasteiger partial charge on any atom is -0.497 e. The Hall–Kier alpha value is -3.59. The molecule has 0 saturated carbocycles. The van der Waals surface area contributed by atoms with Crippen molar-refractivity contribution in [2.75, 3.05) is 7.11 Å². The van der Waals surface area contributed by atoms with Gasteiger partial charge in [0.15, 0.2) is 0 Å². The summed E-state index contributed by atoms with van der Waals surface area (Å²) in [4.78, 5) is 12.6. The largest absolute Gasteiger partial charge is 0.497 e. The van der Waals surface area contributed by atoms with Crippen molar-refractivity contribution in [3.63, 3.8) is 0 Å². The molecule has 3 heteroatoms. The fourth-order valence-corrected chi connectivity index (χ4v) is 4.38. The van der Waals surface area contributed by atoms with Gasteiger partial charge in [0.05, 0.1) is 13.5 Å². The molecule has 4 aromatic carbocycles. The second-order valence-corrected chi connectivity index (χ2v) is 7.67. The Balaban J connectivity index is 1.71. The number of ether oxygens (including phenoxy) is 2. The van der Waals surface area contributed by atoms with Crippen LogP contribution in [0.25, 0.3) is 10.8 Å². The van der Waals surface area contributed by atoms with Crippen LogP contribution in [-0.2, 0) is 11.2 Å². The van der Waals surface area contributed by atoms with Crippen molar-refractivity contribution in [2.45, 2.75) is 18.8 Å². The molecule has 0 spiro atoms. The summed E-state index contributed by atoms with van der Waals surface area (Å²) in [6, 6.07) is 28.8. The molecule has 1 aliphatic rings. The first-order valence-corrected chi connectivity index (χ1v) is 10.2. The summed E-state index contributed by atoms with van der Waals surface area (Å²) in [5.74, 6) is 1.29. The average Bonchev–Trinajstić information content (AvgIpc) is 2.79. The highest BCUT2D eigenvalue weighted by molar-refractivity contribution is 5.93. The normalized spacial score (nSPS) is 15.5. The summed E-state index contributed by atoms with van der Waals surface area (Å²) in [5, 5.41) is 2.30. The van der Waals surface area contributed by atoms with Crippen molar-refractivity contribution in [3.05, 3.63) is 107 Å². The number of carbonyl (C=O) groups is 1. The van der Waals surface area contributed by atoms with Crippen molar-refractivity contribution < 1.29 is 14.3 Å². The fourth-order valence-electron chi connectivity index (χ4n) is 4.38. The van der Waals surface area contributed by atoms with Crippen molar-refractivity contribution in [1.29, 1.82) is 0 Å². The molecule has 1 atom stereocenters. The molecule has 0 saturated heterocycles. The average molecular weight is 394 g/mol. The van der Waals surface area contributed by atoms with E-state index in [0.29, 0.717) is 6.42 Å². The lowest BCUT2D eigenvalue weighted by Gasteiger charge is -2.28. The van der Waals surface area contributed by atoms with Crippen LogP contribution >= 0.6 is 0 Å². The Morgan fingerprint density at radius 3 is 2.43 bits per heavy atom. The molecule has 0 aliphatic carbocycles. The van der Waals surface area contributed by atoms with Crippen LogP contribution in [0.3, 0.4) is 0 Å². The third kappa shape index (κ3) is 3.33. The number of hydrogen-bond acceptors (Lipinski definition) is 3. The van der Waals surface area contributed by atoms with Crippen molar-refractivity contribution in [2.24, 2.45) is 0 Å². The SMILES string of the molecule is COc1ccc([C@H]2CC(=O)Oc3c(Cc4ccccc4)cc4ccccc4c32)cc1. The van der Waals surface area contributed by atoms with E-state index in [4.69, 9.17) is 9.47 Å². The molecular formula is C27H22O3. The standard InChI is InChI=1S/C27H22O3/c1-29-22-13-11-19(12-14-22)24-17-25(28)30-27-21(15-18-7-3-2-4-8-18)16-20-9-5-6-10-23(20)26(24)27/h2-14,16,24H,15,17H2,1H3/t24-/m1/s1. The molecule has 0 bridgehead atoms. The van der Waals surface area contributed by atoms with Crippen LogP contribution in [0.2, 0.25) is 0 Å². The third-order valence-electron chi connectivity index (χ3n) is 5.81. The molecule has 3 nitrogen and oxygen atoms in total. The summed E-state index contributed by atoms with van der Waals surface area (Å²) in [6.07, 6.45) is 1.05. The zero-order chi connectivity index (χ0) is 20.5. The lowest BCUT2D eigenvalue weighted by atomic mass is 9.81. The summed E-state index contributed by atoms with van der Waals surface area (Å²) in [7, 11) is 1.66. The van der Waals surface area contributed by atoms with Gasteiger partial charge in [0, 0.05) is 23.5 Å². The highest BCUT2D eigenvalue weighted by Crippen LogP contribution is 2.45. The molecule has 0 amide bonds. The number of rotatable bonds is 4. The Morgan fingerprint density at radius 1 is 0.933 bits per heavy atom. The molecule has 0 unspecified atom stereocenters. The first-order chi connectivity index (χ1) is 14.7. The van der Waals surface area contributed by atoms with Crippen LogP contribution in [0.5, 0.6) is 11.5 Å². The Bertz CT molecular complexity index is 1210. The predicted molar refractivity (Wildman–Crippen MR) is 118 cm³/mol. The van der Waals surface area contributed by atoms with Gasteiger partial charge in [0.2, 0.25) is 0 Å². The molecule has 5 rings (SSSR count). The van der Waals surface area contributed by atoms with Gasteiger partial charge in [-0.25, -0.2) is 0 Å². The maximum atomic E-state index is 12.6. The molecule has 4 aromatic rings. The van der Waals surface area contributed by atoms with Gasteiger partial charge in [0.25, 0.3) is 0 Å². The minimum atomic E-state index is -0.187. The minimum absolute atomic E-state index is 0.0484. The van der Waals surface area contributed by atoms with Gasteiger partial charge in [-0.05, 0) is 40.1 Å². The summed E-state index contributed by atoms with van der Waals surface area (Å²) >= 11 is 0. The molecule has 0 aromatic heterocycles. The monoisotopic (exact) mass is 394 g/mol. The Morgan fingerprint density at radius 2 is 1.67 bits per heavy atom. The van der Waals surface area contributed by atoms with Crippen molar-refractivity contribution in [3.8, 4) is 11.5 Å². The molecule has 0 N–H and O–H groups in total. The number of hydrogen-bond donors (Lipinski definition) is 0. The Kier molecular flexibility index (Phi) is 4.72. The molecule has 1 aliphatic heterocycles. The number of esters is 1. The van der Waals surface area contributed by atoms with E-state index >= 15 is 0 Å². The lowest BCUT2D eigenvalue weighted by Crippen LogP contribution is -2.22. The molecule has 30 heavy (non-hydrogen) atoms. The highest BCUT2D eigenvalue weighted by Gasteiger charge is 2.32. The van der Waals surface area contributed by atoms with Gasteiger partial charge in [0.1, 0.15) is 11.5 Å². The van der Waals surface area contributed by atoms with Gasteiger partial charge >= 0.3 is 5.97 Å². The van der Waals surface area contributed by atoms with Gasteiger partial charge in [-0.3, -0.25) is 4.79 Å². The third-order valence-corrected chi connectivity index (χ3v) is 5.81. The number of methoxy groups -OCH3 is 1. The van der Waals surface area contributed by atoms with Gasteiger partial charge < -0.3 is 9.47 Å². The predicted octanol–water partition coefficient (Wildman–Crippen LogP) is 5.88. The second-order valence-electron chi connectivity index (χ2n) is 7.67. The van der Waals surface area contributed by atoms with Gasteiger partial charge in [-0.2, -0.15) is 0 Å². The fraction of sp³-hybridized carbons (Fsp3) is 0.148. The van der Waals surface area contributed by atoms with Crippen molar-refractivity contribution >= 4 is 16.7 Å². The summed E-state index contributed by atoms with van der Waals surface area (Å²) < 4.78 is 11.2.